The number of nitrogens with zero attached hydrogens (tertiary/aromatic N) is 3. The maximum atomic E-state index is 12.6. The molecule has 0 bridgehead atoms. The molecule has 0 saturated carbocycles. The lowest BCUT2D eigenvalue weighted by atomic mass is 10.1. The van der Waals surface area contributed by atoms with Crippen LogP contribution in [0.4, 0.5) is 0 Å². The Labute approximate surface area is 117 Å². The minimum atomic E-state index is -0.138. The predicted octanol–water partition coefficient (Wildman–Crippen LogP) is 3.36. The molecule has 2 aromatic heterocycles. The number of carbonyl (C=O) groups is 1. The molecule has 0 atom stereocenters. The molecule has 2 aromatic rings. The van der Waals surface area contributed by atoms with Gasteiger partial charge in [-0.2, -0.15) is 5.10 Å². The molecule has 0 saturated heterocycles. The van der Waals surface area contributed by atoms with Gasteiger partial charge in [-0.25, -0.2) is 0 Å². The Morgan fingerprint density at radius 2 is 2.00 bits per heavy atom. The van der Waals surface area contributed by atoms with E-state index in [2.05, 4.69) is 10.1 Å². The number of hydrogen-bond donors (Lipinski definition) is 0. The van der Waals surface area contributed by atoms with Gasteiger partial charge in [-0.05, 0) is 39.8 Å². The zero-order valence-corrected chi connectivity index (χ0v) is 12.2. The van der Waals surface area contributed by atoms with Gasteiger partial charge < -0.3 is 0 Å². The summed E-state index contributed by atoms with van der Waals surface area (Å²) in [5, 5.41) is 4.53. The lowest BCUT2D eigenvalue weighted by Crippen LogP contribution is -2.15. The van der Waals surface area contributed by atoms with Crippen LogP contribution < -0.4 is 0 Å². The normalized spacial score (nSPS) is 11.1. The lowest BCUT2D eigenvalue weighted by molar-refractivity contribution is 0.102. The third-order valence-electron chi connectivity index (χ3n) is 2.92. The van der Waals surface area contributed by atoms with Crippen LogP contribution in [-0.4, -0.2) is 20.5 Å². The fourth-order valence-corrected chi connectivity index (χ4v) is 2.22. The van der Waals surface area contributed by atoms with Crippen LogP contribution in [0.15, 0.2) is 18.3 Å². The summed E-state index contributed by atoms with van der Waals surface area (Å²) < 4.78 is 1.64. The van der Waals surface area contributed by atoms with Crippen molar-refractivity contribution in [3.8, 4) is 0 Å². The van der Waals surface area contributed by atoms with E-state index in [0.29, 0.717) is 22.0 Å². The minimum Gasteiger partial charge on any atom is -0.287 e. The van der Waals surface area contributed by atoms with Gasteiger partial charge in [-0.1, -0.05) is 11.6 Å². The van der Waals surface area contributed by atoms with Crippen molar-refractivity contribution < 1.29 is 4.79 Å². The molecule has 0 spiro atoms. The Morgan fingerprint density at radius 3 is 2.58 bits per heavy atom. The number of aromatic nitrogens is 3. The Kier molecular flexibility index (Phi) is 3.71. The van der Waals surface area contributed by atoms with Gasteiger partial charge in [0, 0.05) is 23.0 Å². The van der Waals surface area contributed by atoms with E-state index in [9.17, 15) is 4.79 Å². The predicted molar refractivity (Wildman–Crippen MR) is 74.8 cm³/mol. The van der Waals surface area contributed by atoms with Gasteiger partial charge in [-0.3, -0.25) is 14.5 Å². The van der Waals surface area contributed by atoms with Gasteiger partial charge in [0.1, 0.15) is 5.69 Å². The Morgan fingerprint density at radius 1 is 1.32 bits per heavy atom. The summed E-state index contributed by atoms with van der Waals surface area (Å²) in [5.74, 6) is -0.138. The molecular weight excluding hydrogens is 262 g/mol. The second-order valence-electron chi connectivity index (χ2n) is 4.79. The van der Waals surface area contributed by atoms with Crippen molar-refractivity contribution in [3.63, 3.8) is 0 Å². The molecule has 5 heteroatoms. The highest BCUT2D eigenvalue weighted by Crippen LogP contribution is 2.23. The van der Waals surface area contributed by atoms with Gasteiger partial charge in [0.15, 0.2) is 0 Å². The summed E-state index contributed by atoms with van der Waals surface area (Å²) in [6.45, 7) is 7.64. The van der Waals surface area contributed by atoms with E-state index in [1.807, 2.05) is 33.8 Å². The SMILES string of the molecule is Cc1ccc(C(=O)c2c(Cl)cnn2C(C)C)c(C)n1. The molecule has 0 aliphatic carbocycles. The van der Waals surface area contributed by atoms with Crippen molar-refractivity contribution in [1.29, 1.82) is 0 Å². The quantitative estimate of drug-likeness (QED) is 0.808. The van der Waals surface area contributed by atoms with E-state index < -0.39 is 0 Å². The molecule has 0 aromatic carbocycles. The molecule has 2 heterocycles. The average molecular weight is 278 g/mol. The fraction of sp³-hybridized carbons (Fsp3) is 0.357. The van der Waals surface area contributed by atoms with E-state index in [4.69, 9.17) is 11.6 Å². The summed E-state index contributed by atoms with van der Waals surface area (Å²) in [7, 11) is 0. The molecule has 4 nitrogen and oxygen atoms in total. The number of pyridine rings is 1. The van der Waals surface area contributed by atoms with Crippen LogP contribution in [0.2, 0.25) is 5.02 Å². The number of rotatable bonds is 3. The molecule has 0 aliphatic rings. The smallest absolute Gasteiger partial charge is 0.214 e. The van der Waals surface area contributed by atoms with Crippen LogP contribution in [0.5, 0.6) is 0 Å². The largest absolute Gasteiger partial charge is 0.287 e. The molecule has 0 fully saturated rings. The first-order valence-corrected chi connectivity index (χ1v) is 6.51. The highest BCUT2D eigenvalue weighted by molar-refractivity contribution is 6.34. The second-order valence-corrected chi connectivity index (χ2v) is 5.20. The lowest BCUT2D eigenvalue weighted by Gasteiger charge is -2.11. The molecule has 0 amide bonds. The molecule has 0 radical (unpaired) electrons. The van der Waals surface area contributed by atoms with Crippen LogP contribution in [0.3, 0.4) is 0 Å². The maximum Gasteiger partial charge on any atom is 0.214 e. The molecular formula is C14H16ClN3O. The van der Waals surface area contributed by atoms with Crippen molar-refractivity contribution >= 4 is 17.4 Å². The molecule has 0 unspecified atom stereocenters. The Bertz CT molecular complexity index is 632. The van der Waals surface area contributed by atoms with Gasteiger partial charge in [-0.15, -0.1) is 0 Å². The zero-order chi connectivity index (χ0) is 14.2. The van der Waals surface area contributed by atoms with E-state index in [-0.39, 0.29) is 11.8 Å². The van der Waals surface area contributed by atoms with Crippen LogP contribution in [0, 0.1) is 13.8 Å². The highest BCUT2D eigenvalue weighted by atomic mass is 35.5. The van der Waals surface area contributed by atoms with Crippen LogP contribution in [-0.2, 0) is 0 Å². The summed E-state index contributed by atoms with van der Waals surface area (Å²) >= 11 is 6.09. The molecule has 2 rings (SSSR count). The summed E-state index contributed by atoms with van der Waals surface area (Å²) in [6, 6.07) is 3.68. The molecule has 19 heavy (non-hydrogen) atoms. The zero-order valence-electron chi connectivity index (χ0n) is 11.4. The summed E-state index contributed by atoms with van der Waals surface area (Å²) in [4.78, 5) is 16.9. The first-order valence-electron chi connectivity index (χ1n) is 6.13. The first kappa shape index (κ1) is 13.7. The van der Waals surface area contributed by atoms with E-state index in [1.165, 1.54) is 6.20 Å². The number of aryl methyl sites for hydroxylation is 2. The topological polar surface area (TPSA) is 47.8 Å². The minimum absolute atomic E-state index is 0.0742. The number of hydrogen-bond acceptors (Lipinski definition) is 3. The number of carbonyl (C=O) groups excluding carboxylic acids is 1. The van der Waals surface area contributed by atoms with Crippen molar-refractivity contribution in [2.24, 2.45) is 0 Å². The van der Waals surface area contributed by atoms with Crippen LogP contribution in [0.1, 0.15) is 47.3 Å². The van der Waals surface area contributed by atoms with Crippen molar-refractivity contribution in [2.75, 3.05) is 0 Å². The van der Waals surface area contributed by atoms with Gasteiger partial charge >= 0.3 is 0 Å². The standard InChI is InChI=1S/C14H16ClN3O/c1-8(2)18-13(12(15)7-16-18)14(19)11-6-5-9(3)17-10(11)4/h5-8H,1-4H3. The van der Waals surface area contributed by atoms with E-state index >= 15 is 0 Å². The van der Waals surface area contributed by atoms with Crippen molar-refractivity contribution in [2.45, 2.75) is 33.7 Å². The summed E-state index contributed by atoms with van der Waals surface area (Å²) in [6.07, 6.45) is 1.51. The average Bonchev–Trinajstić information content (AvgIpc) is 2.70. The monoisotopic (exact) mass is 277 g/mol. The maximum absolute atomic E-state index is 12.6. The fourth-order valence-electron chi connectivity index (χ4n) is 2.00. The first-order chi connectivity index (χ1) is 8.91. The van der Waals surface area contributed by atoms with Crippen molar-refractivity contribution in [3.05, 3.63) is 46.0 Å². The van der Waals surface area contributed by atoms with Gasteiger partial charge in [0.2, 0.25) is 5.78 Å². The molecule has 0 N–H and O–H groups in total. The Balaban J connectivity index is 2.53. The van der Waals surface area contributed by atoms with E-state index in [0.717, 1.165) is 5.69 Å². The van der Waals surface area contributed by atoms with Crippen molar-refractivity contribution in [1.82, 2.24) is 14.8 Å². The summed E-state index contributed by atoms with van der Waals surface area (Å²) in [5.41, 5.74) is 2.58. The van der Waals surface area contributed by atoms with Gasteiger partial charge in [0.25, 0.3) is 0 Å². The van der Waals surface area contributed by atoms with Crippen LogP contribution in [0.25, 0.3) is 0 Å². The third-order valence-corrected chi connectivity index (χ3v) is 3.20. The van der Waals surface area contributed by atoms with E-state index in [1.54, 1.807) is 10.7 Å². The highest BCUT2D eigenvalue weighted by Gasteiger charge is 2.22. The Hall–Kier alpha value is -1.68. The number of ketones is 1. The van der Waals surface area contributed by atoms with Gasteiger partial charge in [0.05, 0.1) is 11.2 Å². The van der Waals surface area contributed by atoms with Crippen LogP contribution >= 0.6 is 11.6 Å². The second kappa shape index (κ2) is 5.13. The third kappa shape index (κ3) is 2.54. The molecule has 100 valence electrons. The number of halogens is 1. The molecule has 0 aliphatic heterocycles.